The molecule has 3 rings (SSSR count). The summed E-state index contributed by atoms with van der Waals surface area (Å²) in [6, 6.07) is 18.6. The second-order valence-electron chi connectivity index (χ2n) is 5.89. The predicted molar refractivity (Wildman–Crippen MR) is 92.6 cm³/mol. The molecule has 0 saturated heterocycles. The Morgan fingerprint density at radius 3 is 2.71 bits per heavy atom. The molecule has 1 aliphatic carbocycles. The van der Waals surface area contributed by atoms with E-state index >= 15 is 0 Å². The summed E-state index contributed by atoms with van der Waals surface area (Å²) in [4.78, 5) is 0. The van der Waals surface area contributed by atoms with E-state index in [1.807, 2.05) is 0 Å². The topological polar surface area (TPSA) is 12.0 Å². The van der Waals surface area contributed by atoms with E-state index < -0.39 is 0 Å². The summed E-state index contributed by atoms with van der Waals surface area (Å²) in [6.07, 6.45) is 4.71. The Kier molecular flexibility index (Phi) is 4.77. The molecule has 0 aromatic heterocycles. The normalized spacial score (nSPS) is 19.0. The summed E-state index contributed by atoms with van der Waals surface area (Å²) in [5.74, 6) is 0. The highest BCUT2D eigenvalue weighted by atomic mass is 79.9. The lowest BCUT2D eigenvalue weighted by Crippen LogP contribution is -2.37. The van der Waals surface area contributed by atoms with Gasteiger partial charge in [0.05, 0.1) is 0 Å². The second kappa shape index (κ2) is 6.76. The lowest BCUT2D eigenvalue weighted by atomic mass is 9.87. The van der Waals surface area contributed by atoms with Gasteiger partial charge in [-0.15, -0.1) is 0 Å². The molecule has 0 fully saturated rings. The Morgan fingerprint density at radius 2 is 1.95 bits per heavy atom. The van der Waals surface area contributed by atoms with Crippen LogP contribution in [0.3, 0.4) is 0 Å². The Bertz CT molecular complexity index is 608. The van der Waals surface area contributed by atoms with Crippen molar-refractivity contribution in [3.05, 3.63) is 69.7 Å². The number of hydrogen-bond acceptors (Lipinski definition) is 1. The first-order chi connectivity index (χ1) is 10.3. The van der Waals surface area contributed by atoms with E-state index in [-0.39, 0.29) is 0 Å². The van der Waals surface area contributed by atoms with E-state index in [2.05, 4.69) is 76.7 Å². The molecule has 0 bridgehead atoms. The third kappa shape index (κ3) is 3.56. The highest BCUT2D eigenvalue weighted by Crippen LogP contribution is 2.26. The Balaban J connectivity index is 1.71. The number of benzene rings is 2. The van der Waals surface area contributed by atoms with Crippen LogP contribution in [0.4, 0.5) is 0 Å². The standard InChI is InChI=1S/C19H22BrN/c1-2-19(16-8-5-9-17(20)12-16)21-18-11-10-14-6-3-4-7-15(14)13-18/h3-9,12,18-19,21H,2,10-11,13H2,1H3. The van der Waals surface area contributed by atoms with E-state index in [1.165, 1.54) is 29.5 Å². The van der Waals surface area contributed by atoms with E-state index in [4.69, 9.17) is 0 Å². The fourth-order valence-corrected chi connectivity index (χ4v) is 3.71. The molecule has 21 heavy (non-hydrogen) atoms. The summed E-state index contributed by atoms with van der Waals surface area (Å²) in [7, 11) is 0. The average Bonchev–Trinajstić information content (AvgIpc) is 2.52. The SMILES string of the molecule is CCC(NC1CCc2ccccc2C1)c1cccc(Br)c1. The summed E-state index contributed by atoms with van der Waals surface area (Å²) >= 11 is 3.58. The fourth-order valence-electron chi connectivity index (χ4n) is 3.30. The Morgan fingerprint density at radius 1 is 1.14 bits per heavy atom. The van der Waals surface area contributed by atoms with Crippen molar-refractivity contribution in [1.29, 1.82) is 0 Å². The third-order valence-electron chi connectivity index (χ3n) is 4.44. The van der Waals surface area contributed by atoms with Crippen molar-refractivity contribution in [2.75, 3.05) is 0 Å². The van der Waals surface area contributed by atoms with E-state index in [0.29, 0.717) is 12.1 Å². The first-order valence-corrected chi connectivity index (χ1v) is 8.64. The smallest absolute Gasteiger partial charge is 0.0320 e. The van der Waals surface area contributed by atoms with Crippen LogP contribution in [0.25, 0.3) is 0 Å². The van der Waals surface area contributed by atoms with Crippen LogP contribution in [-0.4, -0.2) is 6.04 Å². The third-order valence-corrected chi connectivity index (χ3v) is 4.94. The monoisotopic (exact) mass is 343 g/mol. The number of rotatable bonds is 4. The van der Waals surface area contributed by atoms with Crippen LogP contribution in [-0.2, 0) is 12.8 Å². The van der Waals surface area contributed by atoms with E-state index in [1.54, 1.807) is 0 Å². The maximum atomic E-state index is 3.87. The molecule has 0 radical (unpaired) electrons. The zero-order chi connectivity index (χ0) is 14.7. The quantitative estimate of drug-likeness (QED) is 0.819. The molecule has 0 amide bonds. The van der Waals surface area contributed by atoms with Gasteiger partial charge in [0.15, 0.2) is 0 Å². The molecule has 2 atom stereocenters. The zero-order valence-electron chi connectivity index (χ0n) is 12.5. The zero-order valence-corrected chi connectivity index (χ0v) is 14.1. The van der Waals surface area contributed by atoms with Gasteiger partial charge in [0, 0.05) is 16.6 Å². The van der Waals surface area contributed by atoms with Gasteiger partial charge in [-0.3, -0.25) is 0 Å². The molecule has 110 valence electrons. The second-order valence-corrected chi connectivity index (χ2v) is 6.81. The molecule has 1 N–H and O–H groups in total. The van der Waals surface area contributed by atoms with Gasteiger partial charge in [-0.25, -0.2) is 0 Å². The van der Waals surface area contributed by atoms with Crippen molar-refractivity contribution < 1.29 is 0 Å². The predicted octanol–water partition coefficient (Wildman–Crippen LogP) is 5.05. The highest BCUT2D eigenvalue weighted by Gasteiger charge is 2.21. The van der Waals surface area contributed by atoms with Crippen LogP contribution < -0.4 is 5.32 Å². The lowest BCUT2D eigenvalue weighted by Gasteiger charge is -2.30. The fraction of sp³-hybridized carbons (Fsp3) is 0.368. The summed E-state index contributed by atoms with van der Waals surface area (Å²) < 4.78 is 1.16. The van der Waals surface area contributed by atoms with Crippen LogP contribution in [0.5, 0.6) is 0 Å². The summed E-state index contributed by atoms with van der Waals surface area (Å²) in [5.41, 5.74) is 4.43. The molecule has 1 nitrogen and oxygen atoms in total. The summed E-state index contributed by atoms with van der Waals surface area (Å²) in [5, 5.41) is 3.87. The van der Waals surface area contributed by atoms with Gasteiger partial charge in [-0.2, -0.15) is 0 Å². The van der Waals surface area contributed by atoms with E-state index in [0.717, 1.165) is 17.3 Å². The molecular formula is C19H22BrN. The van der Waals surface area contributed by atoms with Crippen molar-refractivity contribution >= 4 is 15.9 Å². The number of hydrogen-bond donors (Lipinski definition) is 1. The van der Waals surface area contributed by atoms with Crippen LogP contribution in [0.2, 0.25) is 0 Å². The van der Waals surface area contributed by atoms with Crippen molar-refractivity contribution in [1.82, 2.24) is 5.32 Å². The van der Waals surface area contributed by atoms with Gasteiger partial charge in [0.25, 0.3) is 0 Å². The van der Waals surface area contributed by atoms with Crippen LogP contribution >= 0.6 is 15.9 Å². The van der Waals surface area contributed by atoms with Crippen molar-refractivity contribution in [2.45, 2.75) is 44.7 Å². The minimum absolute atomic E-state index is 0.442. The molecule has 0 aliphatic heterocycles. The van der Waals surface area contributed by atoms with Gasteiger partial charge >= 0.3 is 0 Å². The minimum Gasteiger partial charge on any atom is -0.307 e. The molecule has 2 aromatic rings. The molecule has 2 aromatic carbocycles. The number of fused-ring (bicyclic) bond motifs is 1. The number of nitrogens with one attached hydrogen (secondary N) is 1. The highest BCUT2D eigenvalue weighted by molar-refractivity contribution is 9.10. The maximum Gasteiger partial charge on any atom is 0.0320 e. The van der Waals surface area contributed by atoms with E-state index in [9.17, 15) is 0 Å². The van der Waals surface area contributed by atoms with Crippen molar-refractivity contribution in [2.24, 2.45) is 0 Å². The molecule has 2 heteroatoms. The first-order valence-electron chi connectivity index (χ1n) is 7.84. The summed E-state index contributed by atoms with van der Waals surface area (Å²) in [6.45, 7) is 2.26. The van der Waals surface area contributed by atoms with Crippen LogP contribution in [0, 0.1) is 0 Å². The van der Waals surface area contributed by atoms with Crippen molar-refractivity contribution in [3.8, 4) is 0 Å². The minimum atomic E-state index is 0.442. The average molecular weight is 344 g/mol. The van der Waals surface area contributed by atoms with Gasteiger partial charge in [-0.05, 0) is 54.5 Å². The van der Waals surface area contributed by atoms with Gasteiger partial charge < -0.3 is 5.32 Å². The molecule has 0 heterocycles. The number of halogens is 1. The van der Waals surface area contributed by atoms with Gasteiger partial charge in [0.2, 0.25) is 0 Å². The molecule has 1 aliphatic rings. The molecular weight excluding hydrogens is 322 g/mol. The molecule has 0 spiro atoms. The molecule has 0 saturated carbocycles. The molecule has 2 unspecified atom stereocenters. The largest absolute Gasteiger partial charge is 0.307 e. The number of aryl methyl sites for hydroxylation is 1. The Labute approximate surface area is 135 Å². The van der Waals surface area contributed by atoms with Crippen molar-refractivity contribution in [3.63, 3.8) is 0 Å². The van der Waals surface area contributed by atoms with Crippen LogP contribution in [0.15, 0.2) is 53.0 Å². The van der Waals surface area contributed by atoms with Gasteiger partial charge in [0.1, 0.15) is 0 Å². The first kappa shape index (κ1) is 14.8. The maximum absolute atomic E-state index is 3.87. The van der Waals surface area contributed by atoms with Crippen LogP contribution in [0.1, 0.15) is 42.5 Å². The Hall–Kier alpha value is -1.12. The lowest BCUT2D eigenvalue weighted by molar-refractivity contribution is 0.391. The van der Waals surface area contributed by atoms with Gasteiger partial charge in [-0.1, -0.05) is 59.3 Å².